The molecular formula is C23H25NO3. The Kier molecular flexibility index (Phi) is 7.00. The zero-order chi connectivity index (χ0) is 19.8. The first-order valence-corrected chi connectivity index (χ1v) is 8.81. The number of hydrogen-bond donors (Lipinski definition) is 2. The highest BCUT2D eigenvalue weighted by Gasteiger charge is 2.09. The second-order valence-electron chi connectivity index (χ2n) is 6.01. The van der Waals surface area contributed by atoms with E-state index < -0.39 is 5.97 Å². The van der Waals surface area contributed by atoms with E-state index in [-0.39, 0.29) is 5.56 Å². The van der Waals surface area contributed by atoms with E-state index in [2.05, 4.69) is 18.0 Å². The Hall–Kier alpha value is -3.27. The van der Waals surface area contributed by atoms with Crippen LogP contribution >= 0.6 is 0 Å². The van der Waals surface area contributed by atoms with Gasteiger partial charge in [0, 0.05) is 5.70 Å². The predicted octanol–water partition coefficient (Wildman–Crippen LogP) is 5.68. The number of para-hydroxylation sites is 1. The molecule has 0 aromatic heterocycles. The molecule has 0 saturated carbocycles. The number of rotatable bonds is 8. The fourth-order valence-electron chi connectivity index (χ4n) is 2.75. The van der Waals surface area contributed by atoms with E-state index in [0.29, 0.717) is 18.0 Å². The molecule has 0 radical (unpaired) electrons. The van der Waals surface area contributed by atoms with Crippen LogP contribution in [0.4, 0.5) is 5.69 Å². The summed E-state index contributed by atoms with van der Waals surface area (Å²) in [6.45, 7) is 10.5. The average molecular weight is 363 g/mol. The molecule has 27 heavy (non-hydrogen) atoms. The van der Waals surface area contributed by atoms with E-state index in [1.807, 2.05) is 45.1 Å². The maximum Gasteiger partial charge on any atom is 0.337 e. The van der Waals surface area contributed by atoms with E-state index in [4.69, 9.17) is 4.74 Å². The van der Waals surface area contributed by atoms with Crippen LogP contribution < -0.4 is 10.1 Å². The summed E-state index contributed by atoms with van der Waals surface area (Å²) in [7, 11) is 0. The average Bonchev–Trinajstić information content (AvgIpc) is 2.66. The Morgan fingerprint density at radius 1 is 1.15 bits per heavy atom. The van der Waals surface area contributed by atoms with Crippen LogP contribution in [0.2, 0.25) is 0 Å². The van der Waals surface area contributed by atoms with Gasteiger partial charge in [-0.05, 0) is 67.8 Å². The number of hydrogen-bond acceptors (Lipinski definition) is 3. The molecule has 0 saturated heterocycles. The molecule has 0 aliphatic rings. The zero-order valence-corrected chi connectivity index (χ0v) is 16.0. The molecule has 0 heterocycles. The van der Waals surface area contributed by atoms with Crippen molar-refractivity contribution in [2.75, 3.05) is 11.9 Å². The normalized spacial score (nSPS) is 11.8. The number of carboxylic acids is 1. The summed E-state index contributed by atoms with van der Waals surface area (Å²) in [6, 6.07) is 12.8. The van der Waals surface area contributed by atoms with Crippen LogP contribution in [-0.2, 0) is 0 Å². The molecule has 0 aliphatic heterocycles. The molecule has 140 valence electrons. The molecule has 2 N–H and O–H groups in total. The Morgan fingerprint density at radius 2 is 1.85 bits per heavy atom. The lowest BCUT2D eigenvalue weighted by Crippen LogP contribution is -2.04. The monoisotopic (exact) mass is 363 g/mol. The Morgan fingerprint density at radius 3 is 2.52 bits per heavy atom. The Balaban J connectivity index is 2.30. The smallest absolute Gasteiger partial charge is 0.337 e. The molecule has 0 bridgehead atoms. The second-order valence-corrected chi connectivity index (χ2v) is 6.01. The molecule has 2 aromatic carbocycles. The van der Waals surface area contributed by atoms with Crippen molar-refractivity contribution in [1.82, 2.24) is 0 Å². The van der Waals surface area contributed by atoms with Crippen LogP contribution in [0.1, 0.15) is 35.3 Å². The predicted molar refractivity (Wildman–Crippen MR) is 111 cm³/mol. The summed E-state index contributed by atoms with van der Waals surface area (Å²) in [6.07, 6.45) is 5.52. The molecule has 0 atom stereocenters. The van der Waals surface area contributed by atoms with Crippen molar-refractivity contribution in [2.24, 2.45) is 0 Å². The van der Waals surface area contributed by atoms with Gasteiger partial charge in [-0.3, -0.25) is 0 Å². The number of anilines is 1. The summed E-state index contributed by atoms with van der Waals surface area (Å²) in [5.41, 5.74) is 4.71. The van der Waals surface area contributed by atoms with Gasteiger partial charge >= 0.3 is 5.97 Å². The van der Waals surface area contributed by atoms with Crippen LogP contribution in [0.25, 0.3) is 5.57 Å². The molecule has 4 nitrogen and oxygen atoms in total. The van der Waals surface area contributed by atoms with Gasteiger partial charge in [-0.15, -0.1) is 0 Å². The quantitative estimate of drug-likeness (QED) is 0.593. The van der Waals surface area contributed by atoms with Gasteiger partial charge in [0.1, 0.15) is 5.75 Å². The zero-order valence-electron chi connectivity index (χ0n) is 16.0. The largest absolute Gasteiger partial charge is 0.494 e. The Labute approximate surface area is 160 Å². The van der Waals surface area contributed by atoms with Crippen molar-refractivity contribution in [2.45, 2.75) is 20.8 Å². The lowest BCUT2D eigenvalue weighted by atomic mass is 10.0. The van der Waals surface area contributed by atoms with Crippen LogP contribution in [0.5, 0.6) is 5.75 Å². The third-order valence-corrected chi connectivity index (χ3v) is 4.18. The molecule has 0 amide bonds. The molecule has 0 unspecified atom stereocenters. The fraction of sp³-hybridized carbons (Fsp3) is 0.174. The van der Waals surface area contributed by atoms with Gasteiger partial charge in [0.15, 0.2) is 0 Å². The fourth-order valence-corrected chi connectivity index (χ4v) is 2.75. The number of carbonyl (C=O) groups is 1. The second kappa shape index (κ2) is 9.43. The number of benzene rings is 2. The topological polar surface area (TPSA) is 58.6 Å². The summed E-state index contributed by atoms with van der Waals surface area (Å²) in [5.74, 6) is -0.0965. The first-order chi connectivity index (χ1) is 13.0. The maximum absolute atomic E-state index is 11.4. The van der Waals surface area contributed by atoms with Crippen LogP contribution in [0.15, 0.2) is 73.0 Å². The van der Waals surface area contributed by atoms with Gasteiger partial charge in [0.05, 0.1) is 17.9 Å². The van der Waals surface area contributed by atoms with Crippen molar-refractivity contribution < 1.29 is 14.6 Å². The van der Waals surface area contributed by atoms with E-state index >= 15 is 0 Å². The first-order valence-electron chi connectivity index (χ1n) is 8.81. The van der Waals surface area contributed by atoms with Crippen molar-refractivity contribution in [3.8, 4) is 5.75 Å². The van der Waals surface area contributed by atoms with Gasteiger partial charge in [-0.25, -0.2) is 4.79 Å². The molecular weight excluding hydrogens is 338 g/mol. The molecule has 2 aromatic rings. The van der Waals surface area contributed by atoms with E-state index in [1.165, 1.54) is 0 Å². The highest BCUT2D eigenvalue weighted by molar-refractivity contribution is 5.94. The minimum absolute atomic E-state index is 0.214. The van der Waals surface area contributed by atoms with Crippen molar-refractivity contribution >= 4 is 17.2 Å². The highest BCUT2D eigenvalue weighted by atomic mass is 16.5. The molecule has 0 aliphatic carbocycles. The summed E-state index contributed by atoms with van der Waals surface area (Å²) >= 11 is 0. The third-order valence-electron chi connectivity index (χ3n) is 4.18. The number of carboxylic acid groups (broad SMARTS) is 1. The van der Waals surface area contributed by atoms with Crippen molar-refractivity contribution in [3.63, 3.8) is 0 Å². The van der Waals surface area contributed by atoms with Gasteiger partial charge < -0.3 is 15.2 Å². The van der Waals surface area contributed by atoms with Gasteiger partial charge in [0.25, 0.3) is 0 Å². The van der Waals surface area contributed by atoms with E-state index in [0.717, 1.165) is 22.4 Å². The Bertz CT molecular complexity index is 894. The number of allylic oxidation sites excluding steroid dienone is 4. The molecule has 4 heteroatoms. The van der Waals surface area contributed by atoms with Crippen LogP contribution in [0, 0.1) is 6.92 Å². The number of aromatic carboxylic acids is 1. The lowest BCUT2D eigenvalue weighted by molar-refractivity contribution is 0.0698. The summed E-state index contributed by atoms with van der Waals surface area (Å²) < 4.78 is 5.66. The molecule has 0 fully saturated rings. The maximum atomic E-state index is 11.4. The van der Waals surface area contributed by atoms with Gasteiger partial charge in [-0.1, -0.05) is 36.9 Å². The minimum Gasteiger partial charge on any atom is -0.494 e. The van der Waals surface area contributed by atoms with Gasteiger partial charge in [-0.2, -0.15) is 0 Å². The lowest BCUT2D eigenvalue weighted by Gasteiger charge is -2.12. The minimum atomic E-state index is -0.975. The van der Waals surface area contributed by atoms with E-state index in [1.54, 1.807) is 30.3 Å². The highest BCUT2D eigenvalue weighted by Crippen LogP contribution is 2.27. The van der Waals surface area contributed by atoms with Crippen LogP contribution in [-0.4, -0.2) is 17.7 Å². The third kappa shape index (κ3) is 5.11. The van der Waals surface area contributed by atoms with Gasteiger partial charge in [0.2, 0.25) is 0 Å². The van der Waals surface area contributed by atoms with Crippen molar-refractivity contribution in [3.05, 3.63) is 89.7 Å². The first kappa shape index (κ1) is 20.0. The van der Waals surface area contributed by atoms with E-state index in [9.17, 15) is 9.90 Å². The molecule has 2 rings (SSSR count). The number of nitrogens with one attached hydrogen (secondary N) is 1. The van der Waals surface area contributed by atoms with Crippen molar-refractivity contribution in [1.29, 1.82) is 0 Å². The number of ether oxygens (including phenoxy) is 1. The SMILES string of the molecule is C=C/C(=C\C=C(/C)c1cccc(OCC)c1C)Nc1ccccc1C(=O)O. The molecule has 0 spiro atoms. The standard InChI is InChI=1S/C23H25NO3/c1-5-18(24-21-12-8-7-10-20(21)23(25)26)15-14-16(3)19-11-9-13-22(17(19)4)27-6-2/h5,7-15,24H,1,6H2,2-4H3,(H,25,26)/b16-14+,18-15+. The summed E-state index contributed by atoms with van der Waals surface area (Å²) in [4.78, 5) is 11.4. The van der Waals surface area contributed by atoms with Crippen LogP contribution in [0.3, 0.4) is 0 Å². The summed E-state index contributed by atoms with van der Waals surface area (Å²) in [5, 5.41) is 12.4.